The Morgan fingerprint density at radius 3 is 2.33 bits per heavy atom. The maximum absolute atomic E-state index is 11.8. The summed E-state index contributed by atoms with van der Waals surface area (Å²) in [5, 5.41) is 0.502. The molecule has 9 nitrogen and oxygen atoms in total. The quantitative estimate of drug-likeness (QED) is 0.490. The van der Waals surface area contributed by atoms with Gasteiger partial charge in [-0.1, -0.05) is 12.1 Å². The molecule has 2 heterocycles. The lowest BCUT2D eigenvalue weighted by molar-refractivity contribution is 0.480. The zero-order valence-corrected chi connectivity index (χ0v) is 14.9. The zero-order valence-electron chi connectivity index (χ0n) is 13.3. The smallest absolute Gasteiger partial charge is 0.298 e. The summed E-state index contributed by atoms with van der Waals surface area (Å²) in [6.45, 7) is 0. The third-order valence-electron chi connectivity index (χ3n) is 3.88. The van der Waals surface area contributed by atoms with E-state index in [0.29, 0.717) is 11.1 Å². The van der Waals surface area contributed by atoms with Crippen LogP contribution in [0.15, 0.2) is 62.9 Å². The molecule has 0 saturated carbocycles. The first kappa shape index (κ1) is 17.5. The third kappa shape index (κ3) is 3.06. The van der Waals surface area contributed by atoms with Gasteiger partial charge in [0.05, 0.1) is 4.90 Å². The number of rotatable bonds is 3. The molecule has 138 valence electrons. The van der Waals surface area contributed by atoms with E-state index >= 15 is 0 Å². The minimum atomic E-state index is -4.70. The molecular formula is C16H10N2O7S2. The van der Waals surface area contributed by atoms with E-state index in [-0.39, 0.29) is 22.4 Å². The van der Waals surface area contributed by atoms with Crippen LogP contribution in [0.1, 0.15) is 0 Å². The van der Waals surface area contributed by atoms with E-state index in [2.05, 4.69) is 9.97 Å². The van der Waals surface area contributed by atoms with Gasteiger partial charge in [-0.15, -0.1) is 0 Å². The van der Waals surface area contributed by atoms with Crippen LogP contribution in [-0.2, 0) is 20.2 Å². The van der Waals surface area contributed by atoms with E-state index in [9.17, 15) is 25.9 Å². The van der Waals surface area contributed by atoms with Crippen LogP contribution in [0.5, 0.6) is 0 Å². The normalized spacial score (nSPS) is 12.7. The Morgan fingerprint density at radius 1 is 0.926 bits per heavy atom. The fourth-order valence-electron chi connectivity index (χ4n) is 2.70. The summed E-state index contributed by atoms with van der Waals surface area (Å²) in [7, 11) is -9.20. The Kier molecular flexibility index (Phi) is 3.78. The first-order chi connectivity index (χ1) is 12.6. The maximum atomic E-state index is 11.8. The van der Waals surface area contributed by atoms with E-state index in [1.807, 2.05) is 0 Å². The number of oxazole rings is 1. The van der Waals surface area contributed by atoms with Crippen molar-refractivity contribution in [3.63, 3.8) is 0 Å². The van der Waals surface area contributed by atoms with Crippen molar-refractivity contribution in [1.29, 1.82) is 0 Å². The second kappa shape index (κ2) is 5.82. The summed E-state index contributed by atoms with van der Waals surface area (Å²) in [6.07, 6.45) is 1.50. The van der Waals surface area contributed by atoms with Gasteiger partial charge in [0, 0.05) is 11.6 Å². The monoisotopic (exact) mass is 406 g/mol. The van der Waals surface area contributed by atoms with Crippen molar-refractivity contribution in [2.24, 2.45) is 0 Å². The largest absolute Gasteiger partial charge is 0.433 e. The van der Waals surface area contributed by atoms with Gasteiger partial charge in [-0.25, -0.2) is 4.98 Å². The summed E-state index contributed by atoms with van der Waals surface area (Å²) >= 11 is 0. The SMILES string of the molecule is O=S(=O)(O)c1ccc2c(c1)cc(S(=O)(=O)O)c1oc(-c3ccccn3)nc12. The minimum Gasteiger partial charge on any atom is -0.433 e. The van der Waals surface area contributed by atoms with Crippen molar-refractivity contribution in [2.45, 2.75) is 9.79 Å². The number of aromatic nitrogens is 2. The number of benzene rings is 2. The highest BCUT2D eigenvalue weighted by molar-refractivity contribution is 7.86. The van der Waals surface area contributed by atoms with Gasteiger partial charge in [-0.05, 0) is 35.7 Å². The predicted molar refractivity (Wildman–Crippen MR) is 94.4 cm³/mol. The van der Waals surface area contributed by atoms with Gasteiger partial charge in [-0.3, -0.25) is 14.1 Å². The van der Waals surface area contributed by atoms with Crippen LogP contribution in [-0.4, -0.2) is 35.9 Å². The standard InChI is InChI=1S/C16H10N2O7S2/c19-26(20,21)10-4-5-11-9(7-10)8-13(27(22,23)24)15-14(11)18-16(25-15)12-3-1-2-6-17-12/h1-8H,(H,19,20,21)(H,22,23,24). The molecule has 0 unspecified atom stereocenters. The molecule has 11 heteroatoms. The van der Waals surface area contributed by atoms with Crippen LogP contribution in [0.4, 0.5) is 0 Å². The molecule has 2 N–H and O–H groups in total. The second-order valence-corrected chi connectivity index (χ2v) is 8.43. The molecule has 4 rings (SSSR count). The van der Waals surface area contributed by atoms with Gasteiger partial charge in [-0.2, -0.15) is 16.8 Å². The van der Waals surface area contributed by atoms with Crippen LogP contribution < -0.4 is 0 Å². The van der Waals surface area contributed by atoms with Crippen LogP contribution >= 0.6 is 0 Å². The van der Waals surface area contributed by atoms with Crippen LogP contribution in [0.25, 0.3) is 33.5 Å². The Hall–Kier alpha value is -2.86. The summed E-state index contributed by atoms with van der Waals surface area (Å²) in [4.78, 5) is 7.34. The molecule has 4 aromatic rings. The summed E-state index contributed by atoms with van der Waals surface area (Å²) in [5.41, 5.74) is 0.255. The lowest BCUT2D eigenvalue weighted by atomic mass is 10.1. The number of nitrogens with zero attached hydrogens (tertiary/aromatic N) is 2. The van der Waals surface area contributed by atoms with Crippen LogP contribution in [0, 0.1) is 0 Å². The van der Waals surface area contributed by atoms with Crippen molar-refractivity contribution in [3.05, 3.63) is 48.7 Å². The molecule has 0 saturated heterocycles. The second-order valence-electron chi connectivity index (χ2n) is 5.62. The van der Waals surface area contributed by atoms with E-state index in [1.54, 1.807) is 18.2 Å². The highest BCUT2D eigenvalue weighted by Gasteiger charge is 2.23. The Labute approximate surface area is 152 Å². The van der Waals surface area contributed by atoms with Crippen molar-refractivity contribution < 1.29 is 30.4 Å². The van der Waals surface area contributed by atoms with Crippen LogP contribution in [0.3, 0.4) is 0 Å². The van der Waals surface area contributed by atoms with Crippen molar-refractivity contribution in [3.8, 4) is 11.6 Å². The summed E-state index contributed by atoms with van der Waals surface area (Å²) in [6, 6.07) is 9.62. The van der Waals surface area contributed by atoms with Gasteiger partial charge in [0.1, 0.15) is 16.1 Å². The molecule has 0 amide bonds. The molecule has 0 aliphatic rings. The zero-order chi connectivity index (χ0) is 19.4. The molecule has 0 radical (unpaired) electrons. The molecule has 27 heavy (non-hydrogen) atoms. The Bertz CT molecular complexity index is 1410. The molecule has 2 aromatic heterocycles. The molecule has 0 spiro atoms. The van der Waals surface area contributed by atoms with Gasteiger partial charge in [0.15, 0.2) is 5.58 Å². The van der Waals surface area contributed by atoms with E-state index in [4.69, 9.17) is 4.42 Å². The third-order valence-corrected chi connectivity index (χ3v) is 5.58. The average molecular weight is 406 g/mol. The first-order valence-electron chi connectivity index (χ1n) is 7.38. The van der Waals surface area contributed by atoms with E-state index < -0.39 is 30.0 Å². The molecule has 0 atom stereocenters. The fourth-order valence-corrected chi connectivity index (χ4v) is 3.87. The molecular weight excluding hydrogens is 396 g/mol. The van der Waals surface area contributed by atoms with Crippen molar-refractivity contribution >= 4 is 42.1 Å². The Balaban J connectivity index is 2.13. The number of fused-ring (bicyclic) bond motifs is 3. The average Bonchev–Trinajstić information content (AvgIpc) is 3.05. The van der Waals surface area contributed by atoms with Gasteiger partial charge in [0.25, 0.3) is 20.2 Å². The van der Waals surface area contributed by atoms with Crippen LogP contribution in [0.2, 0.25) is 0 Å². The molecule has 0 fully saturated rings. The predicted octanol–water partition coefficient (Wildman–Crippen LogP) is 2.54. The number of hydrogen-bond acceptors (Lipinski definition) is 7. The van der Waals surface area contributed by atoms with Crippen molar-refractivity contribution in [2.75, 3.05) is 0 Å². The topological polar surface area (TPSA) is 148 Å². The Morgan fingerprint density at radius 2 is 1.70 bits per heavy atom. The lowest BCUT2D eigenvalue weighted by Gasteiger charge is -2.04. The van der Waals surface area contributed by atoms with Gasteiger partial charge >= 0.3 is 0 Å². The highest BCUT2D eigenvalue weighted by atomic mass is 32.2. The fraction of sp³-hybridized carbons (Fsp3) is 0. The van der Waals surface area contributed by atoms with Gasteiger partial charge in [0.2, 0.25) is 5.89 Å². The maximum Gasteiger partial charge on any atom is 0.298 e. The summed E-state index contributed by atoms with van der Waals surface area (Å²) in [5.74, 6) is 0.0295. The minimum absolute atomic E-state index is 0.0295. The molecule has 0 aliphatic heterocycles. The number of hydrogen-bond donors (Lipinski definition) is 2. The number of pyridine rings is 1. The van der Waals surface area contributed by atoms with E-state index in [0.717, 1.165) is 18.2 Å². The molecule has 2 aromatic carbocycles. The molecule has 0 bridgehead atoms. The summed E-state index contributed by atoms with van der Waals surface area (Å²) < 4.78 is 70.6. The van der Waals surface area contributed by atoms with Crippen molar-refractivity contribution in [1.82, 2.24) is 9.97 Å². The first-order valence-corrected chi connectivity index (χ1v) is 10.3. The highest BCUT2D eigenvalue weighted by Crippen LogP contribution is 2.35. The lowest BCUT2D eigenvalue weighted by Crippen LogP contribution is -2.00. The molecule has 0 aliphatic carbocycles. The van der Waals surface area contributed by atoms with Gasteiger partial charge < -0.3 is 4.42 Å². The van der Waals surface area contributed by atoms with E-state index in [1.165, 1.54) is 12.3 Å².